The highest BCUT2D eigenvalue weighted by molar-refractivity contribution is 7.98. The van der Waals surface area contributed by atoms with Crippen LogP contribution >= 0.6 is 11.8 Å². The van der Waals surface area contributed by atoms with Gasteiger partial charge in [-0.25, -0.2) is 5.43 Å². The molecule has 1 atom stereocenters. The van der Waals surface area contributed by atoms with Crippen LogP contribution in [0.5, 0.6) is 0 Å². The molecule has 4 heteroatoms. The van der Waals surface area contributed by atoms with Gasteiger partial charge in [0.25, 0.3) is 0 Å². The van der Waals surface area contributed by atoms with Gasteiger partial charge in [-0.05, 0) is 36.1 Å². The molecule has 0 aliphatic carbocycles. The molecule has 0 aliphatic rings. The minimum Gasteiger partial charge on any atom is -0.467 e. The fourth-order valence-corrected chi connectivity index (χ4v) is 2.00. The average Bonchev–Trinajstić information content (AvgIpc) is 2.85. The molecule has 0 fully saturated rings. The summed E-state index contributed by atoms with van der Waals surface area (Å²) in [5.74, 6) is 6.37. The summed E-state index contributed by atoms with van der Waals surface area (Å²) in [6.45, 7) is 0. The van der Waals surface area contributed by atoms with Crippen LogP contribution in [0.25, 0.3) is 0 Å². The van der Waals surface area contributed by atoms with E-state index in [-0.39, 0.29) is 6.04 Å². The van der Waals surface area contributed by atoms with E-state index in [2.05, 4.69) is 35.9 Å². The largest absolute Gasteiger partial charge is 0.467 e. The van der Waals surface area contributed by atoms with E-state index in [1.807, 2.05) is 12.1 Å². The number of thioether (sulfide) groups is 1. The van der Waals surface area contributed by atoms with Crippen LogP contribution in [0.3, 0.4) is 0 Å². The van der Waals surface area contributed by atoms with Crippen LogP contribution in [-0.2, 0) is 0 Å². The van der Waals surface area contributed by atoms with Crippen molar-refractivity contribution in [2.24, 2.45) is 5.84 Å². The van der Waals surface area contributed by atoms with E-state index in [0.717, 1.165) is 11.3 Å². The van der Waals surface area contributed by atoms with Gasteiger partial charge in [-0.3, -0.25) is 5.84 Å². The zero-order valence-electron chi connectivity index (χ0n) is 9.01. The summed E-state index contributed by atoms with van der Waals surface area (Å²) >= 11 is 1.72. The molecule has 1 unspecified atom stereocenters. The van der Waals surface area contributed by atoms with Crippen LogP contribution in [0.2, 0.25) is 0 Å². The molecule has 3 N–H and O–H groups in total. The molecule has 0 saturated heterocycles. The van der Waals surface area contributed by atoms with Crippen LogP contribution < -0.4 is 11.3 Å². The smallest absolute Gasteiger partial charge is 0.126 e. The van der Waals surface area contributed by atoms with Crippen molar-refractivity contribution < 1.29 is 4.42 Å². The fraction of sp³-hybridized carbons (Fsp3) is 0.167. The van der Waals surface area contributed by atoms with Gasteiger partial charge < -0.3 is 4.42 Å². The molecule has 0 saturated carbocycles. The second-order valence-electron chi connectivity index (χ2n) is 3.39. The second-order valence-corrected chi connectivity index (χ2v) is 4.27. The van der Waals surface area contributed by atoms with Gasteiger partial charge in [0.2, 0.25) is 0 Å². The third-order valence-electron chi connectivity index (χ3n) is 2.44. The van der Waals surface area contributed by atoms with Gasteiger partial charge >= 0.3 is 0 Å². The van der Waals surface area contributed by atoms with Crippen LogP contribution in [-0.4, -0.2) is 6.26 Å². The van der Waals surface area contributed by atoms with Gasteiger partial charge in [0.1, 0.15) is 11.8 Å². The molecular formula is C12H14N2OS. The summed E-state index contributed by atoms with van der Waals surface area (Å²) in [6.07, 6.45) is 3.70. The van der Waals surface area contributed by atoms with Crippen molar-refractivity contribution in [1.82, 2.24) is 5.43 Å². The lowest BCUT2D eigenvalue weighted by molar-refractivity contribution is 0.452. The molecule has 16 heavy (non-hydrogen) atoms. The van der Waals surface area contributed by atoms with Crippen LogP contribution in [0, 0.1) is 0 Å². The van der Waals surface area contributed by atoms with E-state index < -0.39 is 0 Å². The number of benzene rings is 1. The van der Waals surface area contributed by atoms with E-state index in [1.54, 1.807) is 18.0 Å². The standard InChI is InChI=1S/C12H14N2OS/c1-16-10-6-4-9(5-7-10)12(14-13)11-3-2-8-15-11/h2-8,12,14H,13H2,1H3. The molecule has 2 rings (SSSR count). The third kappa shape index (κ3) is 2.29. The normalized spacial score (nSPS) is 12.6. The molecule has 0 amide bonds. The van der Waals surface area contributed by atoms with E-state index in [0.29, 0.717) is 0 Å². The molecule has 2 aromatic rings. The first kappa shape index (κ1) is 11.3. The van der Waals surface area contributed by atoms with Crippen molar-refractivity contribution in [3.63, 3.8) is 0 Å². The Balaban J connectivity index is 2.27. The molecular weight excluding hydrogens is 220 g/mol. The summed E-state index contributed by atoms with van der Waals surface area (Å²) in [5.41, 5.74) is 3.85. The van der Waals surface area contributed by atoms with Crippen molar-refractivity contribution >= 4 is 11.8 Å². The van der Waals surface area contributed by atoms with Gasteiger partial charge in [-0.2, -0.15) is 0 Å². The highest BCUT2D eigenvalue weighted by atomic mass is 32.2. The van der Waals surface area contributed by atoms with Crippen molar-refractivity contribution in [3.8, 4) is 0 Å². The lowest BCUT2D eigenvalue weighted by atomic mass is 10.1. The van der Waals surface area contributed by atoms with E-state index in [4.69, 9.17) is 10.3 Å². The molecule has 3 nitrogen and oxygen atoms in total. The van der Waals surface area contributed by atoms with Crippen molar-refractivity contribution in [1.29, 1.82) is 0 Å². The maximum Gasteiger partial charge on any atom is 0.126 e. The SMILES string of the molecule is CSc1ccc(C(NN)c2ccco2)cc1. The summed E-state index contributed by atoms with van der Waals surface area (Å²) in [4.78, 5) is 1.24. The van der Waals surface area contributed by atoms with Gasteiger partial charge in [0.15, 0.2) is 0 Å². The van der Waals surface area contributed by atoms with Crippen LogP contribution in [0.1, 0.15) is 17.4 Å². The van der Waals surface area contributed by atoms with Crippen LogP contribution in [0.4, 0.5) is 0 Å². The van der Waals surface area contributed by atoms with E-state index in [9.17, 15) is 0 Å². The van der Waals surface area contributed by atoms with Crippen LogP contribution in [0.15, 0.2) is 52.0 Å². The first-order chi connectivity index (χ1) is 7.85. The third-order valence-corrected chi connectivity index (χ3v) is 3.19. The zero-order valence-corrected chi connectivity index (χ0v) is 9.83. The number of furan rings is 1. The molecule has 1 aromatic heterocycles. The summed E-state index contributed by atoms with van der Waals surface area (Å²) in [5, 5.41) is 0. The topological polar surface area (TPSA) is 51.2 Å². The molecule has 84 valence electrons. The number of hydrogen-bond donors (Lipinski definition) is 2. The predicted octanol–water partition coefficient (Wildman–Crippen LogP) is 2.55. The summed E-state index contributed by atoms with van der Waals surface area (Å²) in [6, 6.07) is 11.9. The maximum absolute atomic E-state index is 5.55. The van der Waals surface area contributed by atoms with Crippen molar-refractivity contribution in [2.45, 2.75) is 10.9 Å². The molecule has 0 spiro atoms. The number of hydrazine groups is 1. The van der Waals surface area contributed by atoms with Crippen molar-refractivity contribution in [3.05, 3.63) is 54.0 Å². The fourth-order valence-electron chi connectivity index (χ4n) is 1.59. The molecule has 0 aliphatic heterocycles. The Morgan fingerprint density at radius 2 is 2.00 bits per heavy atom. The molecule has 1 heterocycles. The number of hydrogen-bond acceptors (Lipinski definition) is 4. The summed E-state index contributed by atoms with van der Waals surface area (Å²) < 4.78 is 5.35. The van der Waals surface area contributed by atoms with Gasteiger partial charge in [0, 0.05) is 4.90 Å². The average molecular weight is 234 g/mol. The Morgan fingerprint density at radius 1 is 1.25 bits per heavy atom. The quantitative estimate of drug-likeness (QED) is 0.485. The summed E-state index contributed by atoms with van der Waals surface area (Å²) in [7, 11) is 0. The van der Waals surface area contributed by atoms with E-state index in [1.165, 1.54) is 4.90 Å². The number of rotatable bonds is 4. The highest BCUT2D eigenvalue weighted by Gasteiger charge is 2.14. The van der Waals surface area contributed by atoms with Gasteiger partial charge in [0.05, 0.1) is 6.26 Å². The van der Waals surface area contributed by atoms with Gasteiger partial charge in [-0.1, -0.05) is 12.1 Å². The Kier molecular flexibility index (Phi) is 3.66. The minimum atomic E-state index is -0.0918. The number of nitrogens with one attached hydrogen (secondary N) is 1. The second kappa shape index (κ2) is 5.21. The molecule has 1 aromatic carbocycles. The van der Waals surface area contributed by atoms with Crippen molar-refractivity contribution in [2.75, 3.05) is 6.26 Å². The number of nitrogens with two attached hydrogens (primary N) is 1. The lowest BCUT2D eigenvalue weighted by Gasteiger charge is -2.13. The Bertz CT molecular complexity index is 425. The molecule has 0 radical (unpaired) electrons. The zero-order chi connectivity index (χ0) is 11.4. The first-order valence-electron chi connectivity index (χ1n) is 4.98. The Labute approximate surface area is 99.0 Å². The molecule has 0 bridgehead atoms. The Morgan fingerprint density at radius 3 is 2.50 bits per heavy atom. The monoisotopic (exact) mass is 234 g/mol. The minimum absolute atomic E-state index is 0.0918. The first-order valence-corrected chi connectivity index (χ1v) is 6.21. The Hall–Kier alpha value is -1.23. The lowest BCUT2D eigenvalue weighted by Crippen LogP contribution is -2.28. The maximum atomic E-state index is 5.55. The van der Waals surface area contributed by atoms with Gasteiger partial charge in [-0.15, -0.1) is 11.8 Å². The highest BCUT2D eigenvalue weighted by Crippen LogP contribution is 2.23. The van der Waals surface area contributed by atoms with E-state index >= 15 is 0 Å². The predicted molar refractivity (Wildman–Crippen MR) is 66.1 cm³/mol.